The molecule has 10 fully saturated rings. The zero-order valence-electron chi connectivity index (χ0n) is 67.8. The number of rotatable bonds is 18. The van der Waals surface area contributed by atoms with Gasteiger partial charge in [0.25, 0.3) is 61.7 Å². The molecule has 11 amide bonds. The third-order valence-electron chi connectivity index (χ3n) is 20.1. The first-order valence-corrected chi connectivity index (χ1v) is 43.0. The summed E-state index contributed by atoms with van der Waals surface area (Å²) in [6, 6.07) is 10.8. The standard InChI is InChI=1S/C18H17F2N7O2S.C16H19N5O3S.C15H19N5O2S.2C14H17N5O2S/c1-18(19,20)13-3-5-22-16(24-13)27-8-6-26(7-9-27)15-21-4-2-11(23-15)10-12-14(28)25-17(29)30-12;1-3-21(10(2)22)12-5-7-20(9-12)15-17-6-4-11(18-15)8-13-14(23)19-16(24)25-13;1-2-5-19-6-8-20(9-7-19)14-16-4-3-11(17-14)10-12-13(21)18-15(22)23-12;1-18-6-4-10(8-18)19(2)13-15-5-3-9(16-13)7-11-12(20)17-14(21)22-11;1-18(2)10-4-6-19(8-10)13-15-5-3-9(16-13)7-11-12(20)17-14(21)22-11/h2-5,10H,6-9H2,1H3,(H,25,28,29);4,6,8,12H,3,5,7,9H2,1-2H3,(H,19,23,24);3-4,10H,2,5-9H2,1H3,(H,18,21,22);2*3,5,7,10H,4,6,8H2,1-2H3,(H,17,20,21)/b12-10-;13-8-;12-10-;2*11-7-. The second-order valence-corrected chi connectivity index (χ2v) is 34.0. The van der Waals surface area contributed by atoms with Gasteiger partial charge in [-0.2, -0.15) is 8.78 Å². The van der Waals surface area contributed by atoms with Gasteiger partial charge in [0.2, 0.25) is 41.6 Å². The van der Waals surface area contributed by atoms with E-state index < -0.39 is 23.0 Å². The minimum atomic E-state index is -3.03. The highest BCUT2D eigenvalue weighted by Gasteiger charge is 2.35. The maximum Gasteiger partial charge on any atom is 0.290 e. The molecule has 16 rings (SSSR count). The minimum absolute atomic E-state index is 0.0719. The maximum absolute atomic E-state index is 13.5. The highest BCUT2D eigenvalue weighted by atomic mass is 32.2. The third kappa shape index (κ3) is 24.5. The Balaban J connectivity index is 0.000000140. The molecule has 642 valence electrons. The second-order valence-electron chi connectivity index (χ2n) is 29.0. The van der Waals surface area contributed by atoms with Gasteiger partial charge >= 0.3 is 0 Å². The van der Waals surface area contributed by atoms with Crippen LogP contribution in [0.2, 0.25) is 0 Å². The Morgan fingerprint density at radius 1 is 0.434 bits per heavy atom. The molecule has 3 unspecified atom stereocenters. The number of likely N-dealkylation sites (N-methyl/N-ethyl adjacent to an activating group) is 4. The minimum Gasteiger partial charge on any atom is -0.340 e. The summed E-state index contributed by atoms with van der Waals surface area (Å²) in [6.45, 7) is 19.6. The van der Waals surface area contributed by atoms with Crippen molar-refractivity contribution in [3.63, 3.8) is 0 Å². The molecule has 6 aromatic rings. The highest BCUT2D eigenvalue weighted by Crippen LogP contribution is 2.33. The summed E-state index contributed by atoms with van der Waals surface area (Å²) < 4.78 is 27.1. The Morgan fingerprint density at radius 3 is 1.08 bits per heavy atom. The zero-order valence-corrected chi connectivity index (χ0v) is 71.9. The number of nitrogens with one attached hydrogen (secondary N) is 5. The molecule has 0 saturated carbocycles. The topological polar surface area (TPSA) is 435 Å². The average Bonchev–Trinajstić information content (AvgIpc) is 1.44. The fourth-order valence-electron chi connectivity index (χ4n) is 13.8. The maximum atomic E-state index is 13.5. The number of nitrogens with zero attached hydrogens (tertiary/aromatic N) is 22. The molecule has 5 N–H and O–H groups in total. The van der Waals surface area contributed by atoms with E-state index in [0.717, 1.165) is 157 Å². The lowest BCUT2D eigenvalue weighted by atomic mass is 10.2. The van der Waals surface area contributed by atoms with Crippen LogP contribution in [0.4, 0.5) is 68.4 Å². The molecule has 10 aliphatic rings. The van der Waals surface area contributed by atoms with Gasteiger partial charge in [-0.15, -0.1) is 0 Å². The Labute approximate surface area is 721 Å². The van der Waals surface area contributed by atoms with E-state index in [1.807, 2.05) is 33.6 Å². The van der Waals surface area contributed by atoms with Crippen molar-refractivity contribution in [3.05, 3.63) is 132 Å². The quantitative estimate of drug-likeness (QED) is 0.0574. The van der Waals surface area contributed by atoms with Crippen molar-refractivity contribution in [2.45, 2.75) is 77.4 Å². The molecule has 0 spiro atoms. The first-order chi connectivity index (χ1) is 58.5. The summed E-state index contributed by atoms with van der Waals surface area (Å²) in [5.74, 6) is -1.65. The number of halogens is 2. The first kappa shape index (κ1) is 89.9. The van der Waals surface area contributed by atoms with Gasteiger partial charge in [-0.1, -0.05) is 6.92 Å². The number of carbonyl (C=O) groups is 11. The van der Waals surface area contributed by atoms with Crippen LogP contribution in [0.3, 0.4) is 0 Å². The number of amides is 11. The normalized spacial score (nSPS) is 21.7. The molecule has 10 saturated heterocycles. The van der Waals surface area contributed by atoms with Crippen LogP contribution >= 0.6 is 58.8 Å². The number of likely N-dealkylation sites (tertiary alicyclic amines) is 1. The largest absolute Gasteiger partial charge is 0.340 e. The second kappa shape index (κ2) is 41.5. The number of carbonyl (C=O) groups excluding carboxylic acids is 11. The van der Waals surface area contributed by atoms with Gasteiger partial charge in [0.05, 0.1) is 59.0 Å². The molecule has 0 bridgehead atoms. The smallest absolute Gasteiger partial charge is 0.290 e. The number of anilines is 6. The fourth-order valence-corrected chi connectivity index (χ4v) is 17.1. The molecule has 3 atom stereocenters. The molecule has 45 heteroatoms. The van der Waals surface area contributed by atoms with Crippen LogP contribution in [0.5, 0.6) is 0 Å². The van der Waals surface area contributed by atoms with E-state index >= 15 is 0 Å². The third-order valence-corrected chi connectivity index (χ3v) is 24.2. The predicted molar refractivity (Wildman–Crippen MR) is 463 cm³/mol. The van der Waals surface area contributed by atoms with Crippen molar-refractivity contribution in [2.75, 3.05) is 162 Å². The lowest BCUT2D eigenvalue weighted by Crippen LogP contribution is -2.47. The molecule has 10 aliphatic heterocycles. The number of imide groups is 5. The number of hydrogen-bond acceptors (Lipinski definition) is 37. The Hall–Kier alpha value is -11.4. The van der Waals surface area contributed by atoms with E-state index in [1.54, 1.807) is 92.5 Å². The summed E-state index contributed by atoms with van der Waals surface area (Å²) in [6.07, 6.45) is 21.8. The van der Waals surface area contributed by atoms with Crippen LogP contribution in [0.15, 0.2) is 98.1 Å². The number of aromatic nitrogens is 12. The highest BCUT2D eigenvalue weighted by molar-refractivity contribution is 8.19. The number of alkyl halides is 2. The lowest BCUT2D eigenvalue weighted by molar-refractivity contribution is -0.130. The Kier molecular flexibility index (Phi) is 30.6. The number of thioether (sulfide) groups is 5. The van der Waals surface area contributed by atoms with Crippen LogP contribution in [0, 0.1) is 0 Å². The van der Waals surface area contributed by atoms with E-state index in [0.29, 0.717) is 129 Å². The van der Waals surface area contributed by atoms with Crippen LogP contribution in [-0.4, -0.2) is 292 Å². The van der Waals surface area contributed by atoms with Crippen LogP contribution in [0.1, 0.15) is 87.5 Å². The molecule has 122 heavy (non-hydrogen) atoms. The summed E-state index contributed by atoms with van der Waals surface area (Å²) >= 11 is 4.36. The predicted octanol–water partition coefficient (Wildman–Crippen LogP) is 6.49. The van der Waals surface area contributed by atoms with Crippen molar-refractivity contribution >= 4 is 187 Å². The van der Waals surface area contributed by atoms with E-state index in [2.05, 4.69) is 144 Å². The Morgan fingerprint density at radius 2 is 0.762 bits per heavy atom. The summed E-state index contributed by atoms with van der Waals surface area (Å²) in [7, 11) is 8.23. The monoisotopic (exact) mass is 1770 g/mol. The SMILES string of the molecule is CC(F)(F)c1ccnc(N2CCN(c3nccc(/C=C4\SC(=O)NC4=O)n3)CC2)n1.CCCN1CCN(c2nccc(/C=C3\SC(=O)NC3=O)n2)CC1.CCN(C(C)=O)C1CCN(c2nccc(/C=C3\SC(=O)NC3=O)n2)C1.CN(C)C1CCN(c2nccc(/C=C3\SC(=O)NC3=O)n2)C1.CN1CCC(N(C)c2nccc(/C=C3\SC(=O)NC3=O)n2)C1. The molecule has 6 aromatic heterocycles. The van der Waals surface area contributed by atoms with Gasteiger partial charge in [0.15, 0.2) is 0 Å². The summed E-state index contributed by atoms with van der Waals surface area (Å²) in [5.41, 5.74) is 2.65. The van der Waals surface area contributed by atoms with Gasteiger partial charge in [-0.3, -0.25) is 84.2 Å². The summed E-state index contributed by atoms with van der Waals surface area (Å²) in [5, 5.41) is 9.28. The van der Waals surface area contributed by atoms with Gasteiger partial charge < -0.3 is 44.1 Å². The summed E-state index contributed by atoms with van der Waals surface area (Å²) in [4.78, 5) is 201. The van der Waals surface area contributed by atoms with Crippen LogP contribution < -0.4 is 56.0 Å². The molecule has 0 radical (unpaired) electrons. The van der Waals surface area contributed by atoms with Gasteiger partial charge in [-0.05, 0) is 192 Å². The van der Waals surface area contributed by atoms with Crippen molar-refractivity contribution in [3.8, 4) is 0 Å². The number of hydrogen-bond donors (Lipinski definition) is 5. The van der Waals surface area contributed by atoms with Gasteiger partial charge in [0, 0.05) is 162 Å². The van der Waals surface area contributed by atoms with E-state index in [1.165, 1.54) is 18.3 Å². The van der Waals surface area contributed by atoms with Crippen LogP contribution in [0.25, 0.3) is 30.4 Å². The van der Waals surface area contributed by atoms with E-state index in [-0.39, 0.29) is 67.2 Å². The van der Waals surface area contributed by atoms with Crippen molar-refractivity contribution in [1.82, 2.24) is 106 Å². The van der Waals surface area contributed by atoms with Crippen LogP contribution in [-0.2, 0) is 34.7 Å². The van der Waals surface area contributed by atoms with E-state index in [4.69, 9.17) is 0 Å². The lowest BCUT2D eigenvalue weighted by Gasteiger charge is -2.34. The van der Waals surface area contributed by atoms with Gasteiger partial charge in [0.1, 0.15) is 5.69 Å². The molecular formula is C77H89F2N27O11S5. The van der Waals surface area contributed by atoms with Crippen molar-refractivity contribution in [1.29, 1.82) is 0 Å². The van der Waals surface area contributed by atoms with Crippen molar-refractivity contribution < 1.29 is 61.5 Å². The van der Waals surface area contributed by atoms with E-state index in [9.17, 15) is 61.5 Å². The molecule has 38 nitrogen and oxygen atoms in total. The zero-order chi connectivity index (χ0) is 86.9. The number of piperazine rings is 2. The first-order valence-electron chi connectivity index (χ1n) is 38.9. The fraction of sp³-hybridized carbons (Fsp3) is 0.416. The molecule has 0 aromatic carbocycles. The molecular weight excluding hydrogens is 1680 g/mol. The Bertz CT molecular complexity index is 5150. The average molecular weight is 1770 g/mol. The molecule has 0 aliphatic carbocycles. The van der Waals surface area contributed by atoms with Crippen molar-refractivity contribution in [2.24, 2.45) is 0 Å². The van der Waals surface area contributed by atoms with Gasteiger partial charge in [-0.25, -0.2) is 59.8 Å². The molecule has 16 heterocycles.